The molecule has 0 spiro atoms. The van der Waals surface area contributed by atoms with Gasteiger partial charge >= 0.3 is 0 Å². The van der Waals surface area contributed by atoms with Gasteiger partial charge in [0, 0.05) is 13.1 Å². The van der Waals surface area contributed by atoms with Crippen molar-refractivity contribution in [3.05, 3.63) is 48.6 Å². The van der Waals surface area contributed by atoms with Gasteiger partial charge in [0.1, 0.15) is 0 Å². The van der Waals surface area contributed by atoms with E-state index in [-0.39, 0.29) is 12.4 Å². The lowest BCUT2D eigenvalue weighted by atomic mass is 10.0. The smallest absolute Gasteiger partial charge is 0.0132 e. The molecule has 1 rings (SSSR count). The van der Waals surface area contributed by atoms with Crippen molar-refractivity contribution in [1.82, 2.24) is 5.32 Å². The van der Waals surface area contributed by atoms with E-state index in [1.165, 1.54) is 5.56 Å². The second-order valence-electron chi connectivity index (χ2n) is 3.26. The first-order valence-corrected chi connectivity index (χ1v) is 4.71. The fraction of sp³-hybridized carbons (Fsp3) is 0.333. The number of nitrogens with one attached hydrogen (secondary N) is 1. The summed E-state index contributed by atoms with van der Waals surface area (Å²) in [6.07, 6.45) is 1.89. The SMILES string of the molecule is C=CCNCC(C)c1ccccc1.Cl. The molecular weight excluding hydrogens is 194 g/mol. The van der Waals surface area contributed by atoms with Gasteiger partial charge in [-0.15, -0.1) is 19.0 Å². The highest BCUT2D eigenvalue weighted by molar-refractivity contribution is 5.85. The first-order chi connectivity index (χ1) is 6.34. The summed E-state index contributed by atoms with van der Waals surface area (Å²) in [7, 11) is 0. The quantitative estimate of drug-likeness (QED) is 0.583. The third kappa shape index (κ3) is 4.45. The molecule has 14 heavy (non-hydrogen) atoms. The van der Waals surface area contributed by atoms with Crippen molar-refractivity contribution in [3.63, 3.8) is 0 Å². The van der Waals surface area contributed by atoms with Crippen LogP contribution in [-0.4, -0.2) is 13.1 Å². The van der Waals surface area contributed by atoms with Crippen LogP contribution in [0.1, 0.15) is 18.4 Å². The molecule has 0 fully saturated rings. The Morgan fingerprint density at radius 3 is 2.57 bits per heavy atom. The average molecular weight is 212 g/mol. The first kappa shape index (κ1) is 13.2. The minimum atomic E-state index is 0. The molecule has 1 aromatic carbocycles. The van der Waals surface area contributed by atoms with Crippen LogP contribution in [0.3, 0.4) is 0 Å². The molecule has 0 aliphatic rings. The second-order valence-corrected chi connectivity index (χ2v) is 3.26. The molecule has 1 atom stereocenters. The van der Waals surface area contributed by atoms with Gasteiger partial charge in [0.05, 0.1) is 0 Å². The predicted molar refractivity (Wildman–Crippen MR) is 65.2 cm³/mol. The largest absolute Gasteiger partial charge is 0.313 e. The molecule has 1 nitrogen and oxygen atoms in total. The Hall–Kier alpha value is -0.790. The van der Waals surface area contributed by atoms with Gasteiger partial charge in [-0.25, -0.2) is 0 Å². The maximum Gasteiger partial charge on any atom is 0.0132 e. The van der Waals surface area contributed by atoms with Crippen molar-refractivity contribution in [1.29, 1.82) is 0 Å². The maximum atomic E-state index is 3.67. The van der Waals surface area contributed by atoms with Crippen LogP contribution in [0, 0.1) is 0 Å². The van der Waals surface area contributed by atoms with Gasteiger partial charge in [-0.2, -0.15) is 0 Å². The Kier molecular flexibility index (Phi) is 7.17. The molecule has 0 bridgehead atoms. The van der Waals surface area contributed by atoms with Gasteiger partial charge in [-0.05, 0) is 11.5 Å². The summed E-state index contributed by atoms with van der Waals surface area (Å²) < 4.78 is 0. The molecule has 0 radical (unpaired) electrons. The number of hydrogen-bond donors (Lipinski definition) is 1. The fourth-order valence-electron chi connectivity index (χ4n) is 1.30. The van der Waals surface area contributed by atoms with Gasteiger partial charge < -0.3 is 5.32 Å². The van der Waals surface area contributed by atoms with Crippen LogP contribution in [-0.2, 0) is 0 Å². The van der Waals surface area contributed by atoms with E-state index in [1.54, 1.807) is 0 Å². The van der Waals surface area contributed by atoms with Gasteiger partial charge in [0.25, 0.3) is 0 Å². The fourth-order valence-corrected chi connectivity index (χ4v) is 1.30. The lowest BCUT2D eigenvalue weighted by molar-refractivity contribution is 0.651. The van der Waals surface area contributed by atoms with E-state index in [1.807, 2.05) is 12.1 Å². The monoisotopic (exact) mass is 211 g/mol. The molecule has 0 saturated heterocycles. The van der Waals surface area contributed by atoms with E-state index in [9.17, 15) is 0 Å². The molecule has 0 heterocycles. The predicted octanol–water partition coefficient (Wildman–Crippen LogP) is 2.99. The van der Waals surface area contributed by atoms with Crippen LogP contribution in [0.25, 0.3) is 0 Å². The van der Waals surface area contributed by atoms with Crippen molar-refractivity contribution in [2.75, 3.05) is 13.1 Å². The van der Waals surface area contributed by atoms with Crippen molar-refractivity contribution < 1.29 is 0 Å². The molecule has 0 saturated carbocycles. The lowest BCUT2D eigenvalue weighted by Gasteiger charge is -2.11. The minimum absolute atomic E-state index is 0. The van der Waals surface area contributed by atoms with E-state index in [0.29, 0.717) is 5.92 Å². The lowest BCUT2D eigenvalue weighted by Crippen LogP contribution is -2.19. The molecule has 2 heteroatoms. The molecule has 0 aromatic heterocycles. The highest BCUT2D eigenvalue weighted by Gasteiger charge is 2.02. The maximum absolute atomic E-state index is 3.67. The summed E-state index contributed by atoms with van der Waals surface area (Å²) in [5, 5.41) is 3.32. The van der Waals surface area contributed by atoms with Gasteiger partial charge in [0.15, 0.2) is 0 Å². The van der Waals surface area contributed by atoms with Gasteiger partial charge in [-0.3, -0.25) is 0 Å². The third-order valence-corrected chi connectivity index (χ3v) is 2.11. The van der Waals surface area contributed by atoms with E-state index >= 15 is 0 Å². The molecule has 1 aromatic rings. The number of rotatable bonds is 5. The molecule has 78 valence electrons. The van der Waals surface area contributed by atoms with E-state index in [2.05, 4.69) is 43.1 Å². The molecule has 0 amide bonds. The highest BCUT2D eigenvalue weighted by Crippen LogP contribution is 2.12. The Balaban J connectivity index is 0.00000169. The van der Waals surface area contributed by atoms with Crippen LogP contribution in [0.5, 0.6) is 0 Å². The topological polar surface area (TPSA) is 12.0 Å². The molecule has 1 unspecified atom stereocenters. The van der Waals surface area contributed by atoms with Crippen LogP contribution < -0.4 is 5.32 Å². The summed E-state index contributed by atoms with van der Waals surface area (Å²) in [5.41, 5.74) is 1.39. The summed E-state index contributed by atoms with van der Waals surface area (Å²) in [4.78, 5) is 0. The van der Waals surface area contributed by atoms with Crippen LogP contribution in [0.2, 0.25) is 0 Å². The summed E-state index contributed by atoms with van der Waals surface area (Å²) >= 11 is 0. The minimum Gasteiger partial charge on any atom is -0.313 e. The first-order valence-electron chi connectivity index (χ1n) is 4.71. The second kappa shape index (κ2) is 7.60. The van der Waals surface area contributed by atoms with Crippen LogP contribution >= 0.6 is 12.4 Å². The Bertz CT molecular complexity index is 246. The summed E-state index contributed by atoms with van der Waals surface area (Å²) in [5.74, 6) is 0.571. The zero-order chi connectivity index (χ0) is 9.52. The Morgan fingerprint density at radius 1 is 1.36 bits per heavy atom. The zero-order valence-corrected chi connectivity index (χ0v) is 9.39. The molecular formula is C12H18ClN. The van der Waals surface area contributed by atoms with Crippen molar-refractivity contribution in [2.24, 2.45) is 0 Å². The number of halogens is 1. The Morgan fingerprint density at radius 2 is 2.00 bits per heavy atom. The molecule has 1 N–H and O–H groups in total. The van der Waals surface area contributed by atoms with Crippen LogP contribution in [0.4, 0.5) is 0 Å². The highest BCUT2D eigenvalue weighted by atomic mass is 35.5. The van der Waals surface area contributed by atoms with Crippen LogP contribution in [0.15, 0.2) is 43.0 Å². The van der Waals surface area contributed by atoms with Gasteiger partial charge in [0.2, 0.25) is 0 Å². The summed E-state index contributed by atoms with van der Waals surface area (Å²) in [6.45, 7) is 7.79. The summed E-state index contributed by atoms with van der Waals surface area (Å²) in [6, 6.07) is 10.5. The van der Waals surface area contributed by atoms with E-state index in [0.717, 1.165) is 13.1 Å². The Labute approximate surface area is 92.6 Å². The average Bonchev–Trinajstić information content (AvgIpc) is 2.19. The van der Waals surface area contributed by atoms with Gasteiger partial charge in [-0.1, -0.05) is 43.3 Å². The van der Waals surface area contributed by atoms with E-state index < -0.39 is 0 Å². The number of hydrogen-bond acceptors (Lipinski definition) is 1. The molecule has 0 aliphatic carbocycles. The third-order valence-electron chi connectivity index (χ3n) is 2.11. The normalized spacial score (nSPS) is 11.5. The van der Waals surface area contributed by atoms with Crippen molar-refractivity contribution >= 4 is 12.4 Å². The number of benzene rings is 1. The standard InChI is InChI=1S/C12H17N.ClH/c1-3-9-13-10-11(2)12-7-5-4-6-8-12;/h3-8,11,13H,1,9-10H2,2H3;1H. The zero-order valence-electron chi connectivity index (χ0n) is 8.57. The van der Waals surface area contributed by atoms with E-state index in [4.69, 9.17) is 0 Å². The van der Waals surface area contributed by atoms with Crippen molar-refractivity contribution in [3.8, 4) is 0 Å². The van der Waals surface area contributed by atoms with Crippen molar-refractivity contribution in [2.45, 2.75) is 12.8 Å². The molecule has 0 aliphatic heterocycles.